The minimum Gasteiger partial charge on any atom is -0.308 e. The normalized spacial score (nSPS) is 20.3. The molecule has 0 spiro atoms. The quantitative estimate of drug-likeness (QED) is 0.711. The maximum Gasteiger partial charge on any atom is 0.0188 e. The van der Waals surface area contributed by atoms with Crippen LogP contribution in [0.5, 0.6) is 0 Å². The van der Waals surface area contributed by atoms with Crippen LogP contribution in [-0.2, 0) is 0 Å². The predicted octanol–water partition coefficient (Wildman–Crippen LogP) is 0.362. The number of nitrogens with zero attached hydrogens (tertiary/aromatic N) is 4. The fourth-order valence-electron chi connectivity index (χ4n) is 1.60. The van der Waals surface area contributed by atoms with Crippen LogP contribution in [0, 0.1) is 0 Å². The lowest BCUT2D eigenvalue weighted by Gasteiger charge is -2.28. The van der Waals surface area contributed by atoms with Crippen molar-refractivity contribution in [3.63, 3.8) is 0 Å². The first-order valence-corrected chi connectivity index (χ1v) is 6.51. The van der Waals surface area contributed by atoms with E-state index in [1.807, 2.05) is 0 Å². The Kier molecular flexibility index (Phi) is 8.78. The van der Waals surface area contributed by atoms with Gasteiger partial charge < -0.3 is 19.6 Å². The van der Waals surface area contributed by atoms with Gasteiger partial charge in [-0.3, -0.25) is 0 Å². The largest absolute Gasteiger partial charge is 0.308 e. The van der Waals surface area contributed by atoms with Gasteiger partial charge >= 0.3 is 0 Å². The van der Waals surface area contributed by atoms with Crippen LogP contribution >= 0.6 is 0 Å². The molecule has 0 bridgehead atoms. The molecule has 4 nitrogen and oxygen atoms in total. The summed E-state index contributed by atoms with van der Waals surface area (Å²) >= 11 is 0. The molecule has 0 aromatic carbocycles. The van der Waals surface area contributed by atoms with E-state index in [1.54, 1.807) is 0 Å². The lowest BCUT2D eigenvalue weighted by Crippen LogP contribution is -2.42. The van der Waals surface area contributed by atoms with E-state index in [-0.39, 0.29) is 0 Å². The second kappa shape index (κ2) is 8.86. The van der Waals surface area contributed by atoms with Crippen molar-refractivity contribution >= 4 is 0 Å². The zero-order chi connectivity index (χ0) is 13.4. The fourth-order valence-corrected chi connectivity index (χ4v) is 1.60. The Hall–Kier alpha value is -0.160. The maximum absolute atomic E-state index is 2.36. The first-order valence-electron chi connectivity index (χ1n) is 6.51. The lowest BCUT2D eigenvalue weighted by atomic mass is 10.3. The molecule has 17 heavy (non-hydrogen) atoms. The van der Waals surface area contributed by atoms with E-state index in [4.69, 9.17) is 0 Å². The standard InChI is InChI=1S/C7H18N2.C6H14N2/c1-7(9(4)5)6-8(2)3;1-7-3-5-8(2)6-4-7/h7H,6H2,1-5H3;3-6H2,1-2H3. The number of rotatable bonds is 3. The van der Waals surface area contributed by atoms with Crippen molar-refractivity contribution < 1.29 is 0 Å². The van der Waals surface area contributed by atoms with Gasteiger partial charge in [-0.25, -0.2) is 0 Å². The summed E-state index contributed by atoms with van der Waals surface area (Å²) in [5.41, 5.74) is 0. The van der Waals surface area contributed by atoms with Gasteiger partial charge in [-0.15, -0.1) is 0 Å². The zero-order valence-electron chi connectivity index (χ0n) is 12.9. The van der Waals surface area contributed by atoms with Crippen molar-refractivity contribution in [3.05, 3.63) is 0 Å². The number of hydrogen-bond donors (Lipinski definition) is 0. The molecular weight excluding hydrogens is 212 g/mol. The highest BCUT2D eigenvalue weighted by molar-refractivity contribution is 4.64. The Morgan fingerprint density at radius 2 is 1.24 bits per heavy atom. The summed E-state index contributed by atoms with van der Waals surface area (Å²) in [5, 5.41) is 0. The van der Waals surface area contributed by atoms with Crippen molar-refractivity contribution in [2.75, 3.05) is 75.0 Å². The summed E-state index contributed by atoms with van der Waals surface area (Å²) in [6.45, 7) is 8.28. The molecule has 4 heteroatoms. The summed E-state index contributed by atoms with van der Waals surface area (Å²) in [6, 6.07) is 0.653. The van der Waals surface area contributed by atoms with Crippen molar-refractivity contribution in [1.82, 2.24) is 19.6 Å². The van der Waals surface area contributed by atoms with Gasteiger partial charge in [-0.1, -0.05) is 0 Å². The molecule has 0 aromatic rings. The van der Waals surface area contributed by atoms with Crippen LogP contribution in [0.2, 0.25) is 0 Å². The van der Waals surface area contributed by atoms with Crippen LogP contribution in [-0.4, -0.2) is 101 Å². The van der Waals surface area contributed by atoms with Gasteiger partial charge in [-0.05, 0) is 49.2 Å². The Morgan fingerprint density at radius 1 is 0.882 bits per heavy atom. The molecule has 104 valence electrons. The first kappa shape index (κ1) is 16.8. The number of piperazine rings is 1. The summed E-state index contributed by atoms with van der Waals surface area (Å²) in [6.07, 6.45) is 0. The topological polar surface area (TPSA) is 13.0 Å². The molecule has 1 fully saturated rings. The molecule has 0 aliphatic carbocycles. The Morgan fingerprint density at radius 3 is 1.41 bits per heavy atom. The molecule has 0 radical (unpaired) electrons. The SMILES string of the molecule is CC(CN(C)C)N(C)C.CN1CCN(C)CC1. The van der Waals surface area contributed by atoms with E-state index in [0.29, 0.717) is 6.04 Å². The monoisotopic (exact) mass is 244 g/mol. The third kappa shape index (κ3) is 9.53. The fraction of sp³-hybridized carbons (Fsp3) is 1.00. The molecular formula is C13H32N4. The van der Waals surface area contributed by atoms with Crippen molar-refractivity contribution in [2.24, 2.45) is 0 Å². The van der Waals surface area contributed by atoms with Gasteiger partial charge in [-0.2, -0.15) is 0 Å². The Bertz CT molecular complexity index is 164. The smallest absolute Gasteiger partial charge is 0.0188 e. The third-order valence-electron chi connectivity index (χ3n) is 3.24. The van der Waals surface area contributed by atoms with Gasteiger partial charge in [0.1, 0.15) is 0 Å². The number of hydrogen-bond acceptors (Lipinski definition) is 4. The van der Waals surface area contributed by atoms with E-state index >= 15 is 0 Å². The highest BCUT2D eigenvalue weighted by atomic mass is 15.2. The second-order valence-electron chi connectivity index (χ2n) is 5.68. The summed E-state index contributed by atoms with van der Waals surface area (Å²) in [4.78, 5) is 9.14. The molecule has 0 saturated carbocycles. The predicted molar refractivity (Wildman–Crippen MR) is 76.7 cm³/mol. The van der Waals surface area contributed by atoms with E-state index in [2.05, 4.69) is 68.8 Å². The van der Waals surface area contributed by atoms with Gasteiger partial charge in [0.25, 0.3) is 0 Å². The molecule has 1 saturated heterocycles. The molecule has 1 atom stereocenters. The zero-order valence-corrected chi connectivity index (χ0v) is 12.9. The van der Waals surface area contributed by atoms with E-state index in [9.17, 15) is 0 Å². The second-order valence-corrected chi connectivity index (χ2v) is 5.68. The molecule has 1 heterocycles. The summed E-state index contributed by atoms with van der Waals surface area (Å²) in [5.74, 6) is 0. The average molecular weight is 244 g/mol. The van der Waals surface area contributed by atoms with Crippen LogP contribution in [0.3, 0.4) is 0 Å². The maximum atomic E-state index is 2.36. The van der Waals surface area contributed by atoms with Crippen molar-refractivity contribution in [3.8, 4) is 0 Å². The Labute approximate surface area is 108 Å². The van der Waals surface area contributed by atoms with Crippen LogP contribution in [0.1, 0.15) is 6.92 Å². The summed E-state index contributed by atoms with van der Waals surface area (Å²) < 4.78 is 0. The van der Waals surface area contributed by atoms with Crippen LogP contribution in [0.25, 0.3) is 0 Å². The molecule has 0 amide bonds. The number of likely N-dealkylation sites (N-methyl/N-ethyl adjacent to an activating group) is 4. The van der Waals surface area contributed by atoms with Crippen LogP contribution in [0.15, 0.2) is 0 Å². The molecule has 0 N–H and O–H groups in total. The van der Waals surface area contributed by atoms with Gasteiger partial charge in [0.15, 0.2) is 0 Å². The van der Waals surface area contributed by atoms with Gasteiger partial charge in [0.05, 0.1) is 0 Å². The highest BCUT2D eigenvalue weighted by Gasteiger charge is 2.07. The average Bonchev–Trinajstić information content (AvgIpc) is 2.22. The molecule has 1 aliphatic rings. The third-order valence-corrected chi connectivity index (χ3v) is 3.24. The van der Waals surface area contributed by atoms with Gasteiger partial charge in [0.2, 0.25) is 0 Å². The molecule has 1 aliphatic heterocycles. The van der Waals surface area contributed by atoms with E-state index in [1.165, 1.54) is 26.2 Å². The molecule has 1 unspecified atom stereocenters. The van der Waals surface area contributed by atoms with Gasteiger partial charge in [0, 0.05) is 38.8 Å². The molecule has 0 aromatic heterocycles. The van der Waals surface area contributed by atoms with Crippen molar-refractivity contribution in [1.29, 1.82) is 0 Å². The minimum atomic E-state index is 0.653. The molecule has 1 rings (SSSR count). The Balaban J connectivity index is 0.000000302. The highest BCUT2D eigenvalue weighted by Crippen LogP contribution is 1.93. The van der Waals surface area contributed by atoms with Crippen LogP contribution in [0.4, 0.5) is 0 Å². The first-order chi connectivity index (χ1) is 7.82. The van der Waals surface area contributed by atoms with Crippen molar-refractivity contribution in [2.45, 2.75) is 13.0 Å². The summed E-state index contributed by atoms with van der Waals surface area (Å²) in [7, 11) is 12.8. The lowest BCUT2D eigenvalue weighted by molar-refractivity contribution is 0.181. The van der Waals surface area contributed by atoms with Crippen LogP contribution < -0.4 is 0 Å². The van der Waals surface area contributed by atoms with E-state index < -0.39 is 0 Å². The van der Waals surface area contributed by atoms with E-state index in [0.717, 1.165) is 6.54 Å². The minimum absolute atomic E-state index is 0.653.